The minimum Gasteiger partial charge on any atom is -0.497 e. The molecule has 1 fully saturated rings. The van der Waals surface area contributed by atoms with Crippen LogP contribution in [0.5, 0.6) is 5.75 Å². The molecule has 1 aromatic heterocycles. The number of methoxy groups -OCH3 is 1. The second-order valence-electron chi connectivity index (χ2n) is 9.30. The van der Waals surface area contributed by atoms with Gasteiger partial charge in [-0.05, 0) is 50.3 Å². The molecule has 4 rings (SSSR count). The highest BCUT2D eigenvalue weighted by Gasteiger charge is 2.47. The highest BCUT2D eigenvalue weighted by atomic mass is 16.5. The molecule has 2 aliphatic heterocycles. The Bertz CT molecular complexity index is 977. The number of amides is 2. The van der Waals surface area contributed by atoms with Crippen LogP contribution in [-0.4, -0.2) is 59.7 Å². The lowest BCUT2D eigenvalue weighted by atomic mass is 9.93. The van der Waals surface area contributed by atoms with Gasteiger partial charge in [-0.1, -0.05) is 13.8 Å². The third kappa shape index (κ3) is 4.03. The number of hydrogen-bond acceptors (Lipinski definition) is 4. The fraction of sp³-hybridized carbons (Fsp3) is 0.583. The fourth-order valence-corrected chi connectivity index (χ4v) is 4.60. The molecule has 1 saturated heterocycles. The Morgan fingerprint density at radius 2 is 2.16 bits per heavy atom. The number of hydrogen-bond donors (Lipinski definition) is 1. The summed E-state index contributed by atoms with van der Waals surface area (Å²) in [6, 6.07) is 7.70. The van der Waals surface area contributed by atoms with Crippen molar-refractivity contribution in [3.63, 3.8) is 0 Å². The van der Waals surface area contributed by atoms with Gasteiger partial charge in [-0.2, -0.15) is 0 Å². The maximum Gasteiger partial charge on any atom is 0.271 e. The molecule has 168 valence electrons. The van der Waals surface area contributed by atoms with E-state index >= 15 is 0 Å². The number of rotatable bonds is 7. The van der Waals surface area contributed by atoms with Gasteiger partial charge in [0.15, 0.2) is 0 Å². The molecule has 2 atom stereocenters. The quantitative estimate of drug-likeness (QED) is 0.737. The van der Waals surface area contributed by atoms with Crippen molar-refractivity contribution in [3.8, 4) is 5.75 Å². The van der Waals surface area contributed by atoms with Crippen molar-refractivity contribution in [1.82, 2.24) is 14.8 Å². The monoisotopic (exact) mass is 427 g/mol. The molecule has 0 aliphatic carbocycles. The SMILES string of the molecule is COc1ccc2cc3n(c2c1)CC(C)(C(=O)NCC1CCCO1)N(CCC(C)C)C3=O. The Labute approximate surface area is 183 Å². The Balaban J connectivity index is 1.69. The van der Waals surface area contributed by atoms with E-state index in [4.69, 9.17) is 9.47 Å². The van der Waals surface area contributed by atoms with Crippen molar-refractivity contribution < 1.29 is 19.1 Å². The molecule has 2 unspecified atom stereocenters. The smallest absolute Gasteiger partial charge is 0.271 e. The third-order valence-electron chi connectivity index (χ3n) is 6.57. The zero-order chi connectivity index (χ0) is 22.2. The molecular weight excluding hydrogens is 394 g/mol. The van der Waals surface area contributed by atoms with E-state index in [0.29, 0.717) is 31.2 Å². The van der Waals surface area contributed by atoms with Crippen molar-refractivity contribution in [2.45, 2.75) is 58.2 Å². The van der Waals surface area contributed by atoms with Crippen LogP contribution in [-0.2, 0) is 16.1 Å². The maximum absolute atomic E-state index is 13.6. The number of ether oxygens (including phenoxy) is 2. The predicted octanol–water partition coefficient (Wildman–Crippen LogP) is 3.21. The van der Waals surface area contributed by atoms with Gasteiger partial charge < -0.3 is 24.3 Å². The summed E-state index contributed by atoms with van der Waals surface area (Å²) in [5, 5.41) is 4.04. The molecule has 0 spiro atoms. The van der Waals surface area contributed by atoms with Crippen LogP contribution in [0.4, 0.5) is 0 Å². The van der Waals surface area contributed by atoms with Crippen LogP contribution in [0, 0.1) is 5.92 Å². The van der Waals surface area contributed by atoms with Gasteiger partial charge in [-0.3, -0.25) is 9.59 Å². The lowest BCUT2D eigenvalue weighted by Gasteiger charge is -2.44. The molecule has 7 heteroatoms. The van der Waals surface area contributed by atoms with E-state index in [-0.39, 0.29) is 17.9 Å². The Morgan fingerprint density at radius 1 is 1.35 bits per heavy atom. The van der Waals surface area contributed by atoms with Gasteiger partial charge in [0.05, 0.1) is 25.3 Å². The molecule has 0 bridgehead atoms. The fourth-order valence-electron chi connectivity index (χ4n) is 4.60. The standard InChI is InChI=1S/C24H33N3O4/c1-16(2)9-10-27-22(28)21-12-17-7-8-18(30-4)13-20(17)26(21)15-24(27,3)23(29)25-14-19-6-5-11-31-19/h7-8,12-13,16,19H,5-6,9-11,14-15H2,1-4H3,(H,25,29). The second kappa shape index (κ2) is 8.54. The second-order valence-corrected chi connectivity index (χ2v) is 9.30. The number of fused-ring (bicyclic) bond motifs is 3. The molecule has 7 nitrogen and oxygen atoms in total. The van der Waals surface area contributed by atoms with E-state index < -0.39 is 5.54 Å². The molecule has 0 saturated carbocycles. The number of benzene rings is 1. The topological polar surface area (TPSA) is 72.8 Å². The minimum absolute atomic E-state index is 0.0585. The normalized spacial score (nSPS) is 23.5. The summed E-state index contributed by atoms with van der Waals surface area (Å²) in [6.45, 7) is 8.32. The van der Waals surface area contributed by atoms with E-state index in [9.17, 15) is 9.59 Å². The van der Waals surface area contributed by atoms with Gasteiger partial charge in [-0.15, -0.1) is 0 Å². The molecule has 2 aliphatic rings. The molecule has 1 N–H and O–H groups in total. The van der Waals surface area contributed by atoms with Crippen LogP contribution in [0.1, 0.15) is 50.5 Å². The van der Waals surface area contributed by atoms with Crippen LogP contribution in [0.2, 0.25) is 0 Å². The predicted molar refractivity (Wildman–Crippen MR) is 119 cm³/mol. The van der Waals surface area contributed by atoms with E-state index in [2.05, 4.69) is 19.2 Å². The molecule has 2 amide bonds. The van der Waals surface area contributed by atoms with Gasteiger partial charge in [0, 0.05) is 31.1 Å². The number of nitrogens with one attached hydrogen (secondary N) is 1. The van der Waals surface area contributed by atoms with E-state index in [0.717, 1.165) is 42.5 Å². The number of carbonyl (C=O) groups is 2. The summed E-state index contributed by atoms with van der Waals surface area (Å²) in [6.07, 6.45) is 2.88. The molecule has 2 aromatic rings. The van der Waals surface area contributed by atoms with Crippen molar-refractivity contribution >= 4 is 22.7 Å². The summed E-state index contributed by atoms with van der Waals surface area (Å²) < 4.78 is 13.0. The zero-order valence-electron chi connectivity index (χ0n) is 18.9. The first-order valence-corrected chi connectivity index (χ1v) is 11.2. The first kappa shape index (κ1) is 21.7. The third-order valence-corrected chi connectivity index (χ3v) is 6.57. The average molecular weight is 428 g/mol. The molecule has 0 radical (unpaired) electrons. The Hall–Kier alpha value is -2.54. The highest BCUT2D eigenvalue weighted by Crippen LogP contribution is 2.34. The van der Waals surface area contributed by atoms with Crippen LogP contribution in [0.25, 0.3) is 10.9 Å². The summed E-state index contributed by atoms with van der Waals surface area (Å²) in [5.41, 5.74) is 0.549. The maximum atomic E-state index is 13.6. The van der Waals surface area contributed by atoms with Gasteiger partial charge in [-0.25, -0.2) is 0 Å². The van der Waals surface area contributed by atoms with Crippen LogP contribution < -0.4 is 10.1 Å². The Morgan fingerprint density at radius 3 is 2.84 bits per heavy atom. The largest absolute Gasteiger partial charge is 0.497 e. The van der Waals surface area contributed by atoms with Crippen molar-refractivity contribution in [2.24, 2.45) is 5.92 Å². The minimum atomic E-state index is -0.980. The van der Waals surface area contributed by atoms with Crippen LogP contribution in [0.15, 0.2) is 24.3 Å². The van der Waals surface area contributed by atoms with Crippen LogP contribution in [0.3, 0.4) is 0 Å². The van der Waals surface area contributed by atoms with E-state index in [1.165, 1.54) is 0 Å². The van der Waals surface area contributed by atoms with E-state index in [1.807, 2.05) is 35.8 Å². The molecule has 31 heavy (non-hydrogen) atoms. The Kier molecular flexibility index (Phi) is 5.97. The lowest BCUT2D eigenvalue weighted by molar-refractivity contribution is -0.133. The van der Waals surface area contributed by atoms with Gasteiger partial charge >= 0.3 is 0 Å². The summed E-state index contributed by atoms with van der Waals surface area (Å²) in [7, 11) is 1.63. The number of aromatic nitrogens is 1. The highest BCUT2D eigenvalue weighted by molar-refractivity contribution is 6.03. The van der Waals surface area contributed by atoms with Crippen LogP contribution >= 0.6 is 0 Å². The first-order valence-electron chi connectivity index (χ1n) is 11.2. The molecule has 3 heterocycles. The van der Waals surface area contributed by atoms with Crippen molar-refractivity contribution in [1.29, 1.82) is 0 Å². The average Bonchev–Trinajstić information content (AvgIpc) is 3.39. The lowest BCUT2D eigenvalue weighted by Crippen LogP contribution is -2.64. The number of carbonyl (C=O) groups excluding carboxylic acids is 2. The van der Waals surface area contributed by atoms with Crippen molar-refractivity contribution in [3.05, 3.63) is 30.0 Å². The van der Waals surface area contributed by atoms with E-state index in [1.54, 1.807) is 12.0 Å². The first-order chi connectivity index (χ1) is 14.8. The zero-order valence-corrected chi connectivity index (χ0v) is 18.9. The molecular formula is C24H33N3O4. The summed E-state index contributed by atoms with van der Waals surface area (Å²) >= 11 is 0. The van der Waals surface area contributed by atoms with Gasteiger partial charge in [0.25, 0.3) is 5.91 Å². The summed E-state index contributed by atoms with van der Waals surface area (Å²) in [5.74, 6) is 0.934. The number of nitrogens with zero attached hydrogens (tertiary/aromatic N) is 2. The van der Waals surface area contributed by atoms with Crippen molar-refractivity contribution in [2.75, 3.05) is 26.8 Å². The van der Waals surface area contributed by atoms with Gasteiger partial charge in [0.1, 0.15) is 17.0 Å². The summed E-state index contributed by atoms with van der Waals surface area (Å²) in [4.78, 5) is 28.8. The molecule has 1 aromatic carbocycles. The van der Waals surface area contributed by atoms with Gasteiger partial charge in [0.2, 0.25) is 5.91 Å².